The van der Waals surface area contributed by atoms with Crippen molar-refractivity contribution >= 4 is 27.4 Å². The van der Waals surface area contributed by atoms with Gasteiger partial charge in [0.15, 0.2) is 5.75 Å². The van der Waals surface area contributed by atoms with Gasteiger partial charge in [0.1, 0.15) is 4.90 Å². The number of nitrogens with zero attached hydrogens (tertiary/aromatic N) is 1. The smallest absolute Gasteiger partial charge is 0.339 e. The monoisotopic (exact) mass is 353 g/mol. The average Bonchev–Trinajstić information content (AvgIpc) is 2.96. The van der Waals surface area contributed by atoms with Crippen molar-refractivity contribution in [3.63, 3.8) is 0 Å². The minimum absolute atomic E-state index is 0.0487. The van der Waals surface area contributed by atoms with E-state index in [4.69, 9.17) is 15.8 Å². The van der Waals surface area contributed by atoms with Gasteiger partial charge in [-0.3, -0.25) is 10.1 Å². The summed E-state index contributed by atoms with van der Waals surface area (Å²) in [6.45, 7) is 0. The number of fused-ring (bicyclic) bond motifs is 1. The van der Waals surface area contributed by atoms with Crippen molar-refractivity contribution in [2.45, 2.75) is 24.2 Å². The number of nitro groups is 1. The molecule has 6 nitrogen and oxygen atoms in total. The lowest BCUT2D eigenvalue weighted by molar-refractivity contribution is -0.384. The molecule has 0 aromatic heterocycles. The van der Waals surface area contributed by atoms with Crippen LogP contribution in [0.15, 0.2) is 41.3 Å². The molecular formula is C15H12ClNO5S. The molecule has 0 atom stereocenters. The zero-order valence-electron chi connectivity index (χ0n) is 11.9. The summed E-state index contributed by atoms with van der Waals surface area (Å²) in [6.07, 6.45) is 2.80. The number of aryl methyl sites for hydroxylation is 2. The lowest BCUT2D eigenvalue weighted by Crippen LogP contribution is -2.10. The molecule has 2 aromatic carbocycles. The molecular weight excluding hydrogens is 342 g/mol. The molecule has 120 valence electrons. The number of hydrogen-bond donors (Lipinski definition) is 0. The van der Waals surface area contributed by atoms with Crippen molar-refractivity contribution in [2.24, 2.45) is 0 Å². The first kappa shape index (κ1) is 15.8. The van der Waals surface area contributed by atoms with E-state index >= 15 is 0 Å². The summed E-state index contributed by atoms with van der Waals surface area (Å²) >= 11 is 5.87. The van der Waals surface area contributed by atoms with Crippen LogP contribution < -0.4 is 4.18 Å². The number of non-ortho nitro benzene ring substituents is 1. The van der Waals surface area contributed by atoms with E-state index in [0.717, 1.165) is 42.5 Å². The van der Waals surface area contributed by atoms with E-state index < -0.39 is 15.0 Å². The Kier molecular flexibility index (Phi) is 3.99. The fourth-order valence-electron chi connectivity index (χ4n) is 2.54. The lowest BCUT2D eigenvalue weighted by Gasteiger charge is -2.09. The first-order chi connectivity index (χ1) is 10.9. The molecule has 0 saturated carbocycles. The Labute approximate surface area is 137 Å². The Morgan fingerprint density at radius 2 is 1.83 bits per heavy atom. The molecule has 0 radical (unpaired) electrons. The fraction of sp³-hybridized carbons (Fsp3) is 0.200. The van der Waals surface area contributed by atoms with Crippen molar-refractivity contribution in [2.75, 3.05) is 0 Å². The van der Waals surface area contributed by atoms with Gasteiger partial charge in [0, 0.05) is 12.1 Å². The topological polar surface area (TPSA) is 86.5 Å². The SMILES string of the molecule is O=[N+]([O-])c1ccc(OS(=O)(=O)c2ccc3c(c2)CCC3)c(Cl)c1. The molecule has 0 aliphatic heterocycles. The predicted octanol–water partition coefficient (Wildman–Crippen LogP) is 3.50. The van der Waals surface area contributed by atoms with E-state index in [1.165, 1.54) is 12.1 Å². The van der Waals surface area contributed by atoms with Gasteiger partial charge >= 0.3 is 10.1 Å². The molecule has 0 amide bonds. The summed E-state index contributed by atoms with van der Waals surface area (Å²) in [5.41, 5.74) is 1.92. The van der Waals surface area contributed by atoms with Crippen LogP contribution in [0.25, 0.3) is 0 Å². The quantitative estimate of drug-likeness (QED) is 0.477. The van der Waals surface area contributed by atoms with Crippen LogP contribution in [0.2, 0.25) is 5.02 Å². The van der Waals surface area contributed by atoms with E-state index in [1.54, 1.807) is 12.1 Å². The van der Waals surface area contributed by atoms with Gasteiger partial charge in [-0.1, -0.05) is 17.7 Å². The second-order valence-corrected chi connectivity index (χ2v) is 7.15. The lowest BCUT2D eigenvalue weighted by atomic mass is 10.1. The first-order valence-electron chi connectivity index (χ1n) is 6.87. The summed E-state index contributed by atoms with van der Waals surface area (Å²) in [6, 6.07) is 8.26. The Morgan fingerprint density at radius 1 is 1.09 bits per heavy atom. The minimum atomic E-state index is -4.04. The van der Waals surface area contributed by atoms with Gasteiger partial charge < -0.3 is 4.18 Å². The van der Waals surface area contributed by atoms with Crippen LogP contribution in [0.3, 0.4) is 0 Å². The van der Waals surface area contributed by atoms with E-state index in [-0.39, 0.29) is 21.4 Å². The molecule has 0 spiro atoms. The molecule has 0 saturated heterocycles. The molecule has 8 heteroatoms. The molecule has 0 fully saturated rings. The standard InChI is InChI=1S/C15H12ClNO5S/c16-14-9-12(17(18)19)5-7-15(14)22-23(20,21)13-6-4-10-2-1-3-11(10)8-13/h4-9H,1-3H2. The number of benzene rings is 2. The highest BCUT2D eigenvalue weighted by molar-refractivity contribution is 7.87. The van der Waals surface area contributed by atoms with Crippen molar-refractivity contribution in [3.8, 4) is 5.75 Å². The molecule has 3 rings (SSSR count). The number of hydrogen-bond acceptors (Lipinski definition) is 5. The van der Waals surface area contributed by atoms with E-state index in [0.29, 0.717) is 0 Å². The van der Waals surface area contributed by atoms with Gasteiger partial charge in [0.05, 0.1) is 9.95 Å². The molecule has 0 bridgehead atoms. The Bertz CT molecular complexity index is 895. The summed E-state index contributed by atoms with van der Waals surface area (Å²) in [7, 11) is -4.04. The second kappa shape index (κ2) is 5.82. The molecule has 0 unspecified atom stereocenters. The highest BCUT2D eigenvalue weighted by Crippen LogP contribution is 2.32. The van der Waals surface area contributed by atoms with Crippen molar-refractivity contribution < 1.29 is 17.5 Å². The van der Waals surface area contributed by atoms with Gasteiger partial charge in [-0.25, -0.2) is 0 Å². The molecule has 1 aliphatic rings. The van der Waals surface area contributed by atoms with E-state index in [2.05, 4.69) is 0 Å². The molecule has 23 heavy (non-hydrogen) atoms. The van der Waals surface area contributed by atoms with Gasteiger partial charge in [-0.15, -0.1) is 0 Å². The van der Waals surface area contributed by atoms with Gasteiger partial charge in [0.25, 0.3) is 5.69 Å². The highest BCUT2D eigenvalue weighted by Gasteiger charge is 2.22. The maximum absolute atomic E-state index is 12.4. The third-order valence-corrected chi connectivity index (χ3v) is 5.21. The summed E-state index contributed by atoms with van der Waals surface area (Å²) < 4.78 is 29.7. The third-order valence-electron chi connectivity index (χ3n) is 3.68. The van der Waals surface area contributed by atoms with Gasteiger partial charge in [0.2, 0.25) is 0 Å². The van der Waals surface area contributed by atoms with Crippen molar-refractivity contribution in [1.82, 2.24) is 0 Å². The molecule has 2 aromatic rings. The normalized spacial score (nSPS) is 13.6. The number of rotatable bonds is 4. The third kappa shape index (κ3) is 3.16. The highest BCUT2D eigenvalue weighted by atomic mass is 35.5. The zero-order chi connectivity index (χ0) is 16.6. The second-order valence-electron chi connectivity index (χ2n) is 5.19. The van der Waals surface area contributed by atoms with Crippen LogP contribution in [0.4, 0.5) is 5.69 Å². The van der Waals surface area contributed by atoms with Crippen molar-refractivity contribution in [3.05, 3.63) is 62.7 Å². The Balaban J connectivity index is 1.91. The maximum atomic E-state index is 12.4. The number of nitro benzene ring substituents is 1. The summed E-state index contributed by atoms with van der Waals surface area (Å²) in [4.78, 5) is 10.1. The minimum Gasteiger partial charge on any atom is -0.377 e. The van der Waals surface area contributed by atoms with Crippen LogP contribution >= 0.6 is 11.6 Å². The Morgan fingerprint density at radius 3 is 2.52 bits per heavy atom. The van der Waals surface area contributed by atoms with E-state index in [1.807, 2.05) is 0 Å². The molecule has 0 N–H and O–H groups in total. The summed E-state index contributed by atoms with van der Waals surface area (Å²) in [5.74, 6) is -0.141. The fourth-order valence-corrected chi connectivity index (χ4v) is 3.80. The van der Waals surface area contributed by atoms with Crippen LogP contribution in [-0.4, -0.2) is 13.3 Å². The van der Waals surface area contributed by atoms with Crippen LogP contribution in [0.5, 0.6) is 5.75 Å². The predicted molar refractivity (Wildman–Crippen MR) is 84.4 cm³/mol. The average molecular weight is 354 g/mol. The van der Waals surface area contributed by atoms with Crippen LogP contribution in [0, 0.1) is 10.1 Å². The van der Waals surface area contributed by atoms with E-state index in [9.17, 15) is 18.5 Å². The van der Waals surface area contributed by atoms with Crippen molar-refractivity contribution in [1.29, 1.82) is 0 Å². The Hall–Kier alpha value is -2.12. The zero-order valence-corrected chi connectivity index (χ0v) is 13.4. The van der Waals surface area contributed by atoms with Crippen LogP contribution in [-0.2, 0) is 23.0 Å². The molecule has 0 heterocycles. The largest absolute Gasteiger partial charge is 0.377 e. The van der Waals surface area contributed by atoms with Gasteiger partial charge in [-0.2, -0.15) is 8.42 Å². The number of halogens is 1. The van der Waals surface area contributed by atoms with Crippen LogP contribution in [0.1, 0.15) is 17.5 Å². The van der Waals surface area contributed by atoms with Gasteiger partial charge in [-0.05, 0) is 48.6 Å². The summed E-state index contributed by atoms with van der Waals surface area (Å²) in [5, 5.41) is 10.5. The molecule has 1 aliphatic carbocycles. The first-order valence-corrected chi connectivity index (χ1v) is 8.66. The maximum Gasteiger partial charge on any atom is 0.339 e.